The molecule has 0 saturated carbocycles. The maximum absolute atomic E-state index is 11.7. The number of hydrogen-bond donors (Lipinski definition) is 3. The van der Waals surface area contributed by atoms with Crippen molar-refractivity contribution in [1.82, 2.24) is 5.32 Å². The van der Waals surface area contributed by atoms with Crippen molar-refractivity contribution in [3.05, 3.63) is 29.8 Å². The van der Waals surface area contributed by atoms with Crippen molar-refractivity contribution in [2.24, 2.45) is 0 Å². The van der Waals surface area contributed by atoms with Crippen LogP contribution in [0.5, 0.6) is 0 Å². The van der Waals surface area contributed by atoms with Crippen LogP contribution in [0.25, 0.3) is 0 Å². The van der Waals surface area contributed by atoms with Gasteiger partial charge in [0.1, 0.15) is 0 Å². The Hall–Kier alpha value is -2.09. The average Bonchev–Trinajstić information content (AvgIpc) is 2.75. The van der Waals surface area contributed by atoms with Gasteiger partial charge in [-0.25, -0.2) is 18.0 Å². The number of urea groups is 1. The number of carbonyl (C=O) groups excluding carboxylic acids is 1. The van der Waals surface area contributed by atoms with E-state index < -0.39 is 27.1 Å². The van der Waals surface area contributed by atoms with Crippen molar-refractivity contribution in [1.29, 1.82) is 0 Å². The third kappa shape index (κ3) is 3.94. The maximum atomic E-state index is 11.7. The Labute approximate surface area is 122 Å². The monoisotopic (exact) mass is 312 g/mol. The highest BCUT2D eigenvalue weighted by Crippen LogP contribution is 2.19. The van der Waals surface area contributed by atoms with E-state index in [-0.39, 0.29) is 17.9 Å². The maximum Gasteiger partial charge on any atom is 0.335 e. The van der Waals surface area contributed by atoms with Crippen molar-refractivity contribution in [3.63, 3.8) is 0 Å². The molecule has 0 spiro atoms. The van der Waals surface area contributed by atoms with Crippen molar-refractivity contribution < 1.29 is 23.1 Å². The van der Waals surface area contributed by atoms with E-state index in [1.165, 1.54) is 18.2 Å². The van der Waals surface area contributed by atoms with E-state index in [2.05, 4.69) is 10.6 Å². The van der Waals surface area contributed by atoms with E-state index >= 15 is 0 Å². The Balaban J connectivity index is 1.90. The van der Waals surface area contributed by atoms with Gasteiger partial charge < -0.3 is 15.7 Å². The molecule has 1 aromatic carbocycles. The molecule has 1 aliphatic rings. The lowest BCUT2D eigenvalue weighted by Crippen LogP contribution is -2.37. The van der Waals surface area contributed by atoms with Gasteiger partial charge in [-0.1, -0.05) is 6.07 Å². The van der Waals surface area contributed by atoms with Crippen molar-refractivity contribution >= 4 is 27.5 Å². The lowest BCUT2D eigenvalue weighted by Gasteiger charge is -2.12. The van der Waals surface area contributed by atoms with Gasteiger partial charge in [-0.05, 0) is 31.0 Å². The molecule has 1 saturated heterocycles. The third-order valence-electron chi connectivity index (χ3n) is 3.32. The summed E-state index contributed by atoms with van der Waals surface area (Å²) in [6.07, 6.45) is 1.17. The molecule has 1 atom stereocenters. The first-order chi connectivity index (χ1) is 9.88. The molecule has 0 aliphatic carbocycles. The molecule has 1 aromatic rings. The first-order valence-electron chi connectivity index (χ1n) is 6.48. The summed E-state index contributed by atoms with van der Waals surface area (Å²) in [4.78, 5) is 22.5. The number of rotatable bonds is 4. The van der Waals surface area contributed by atoms with Crippen LogP contribution in [-0.2, 0) is 9.84 Å². The minimum atomic E-state index is -3.09. The summed E-state index contributed by atoms with van der Waals surface area (Å²) in [6.45, 7) is 0.0623. The Bertz CT molecular complexity index is 656. The van der Waals surface area contributed by atoms with Crippen LogP contribution in [0.15, 0.2) is 24.3 Å². The fourth-order valence-electron chi connectivity index (χ4n) is 2.20. The molecule has 7 nitrogen and oxygen atoms in total. The molecule has 1 heterocycles. The third-order valence-corrected chi connectivity index (χ3v) is 5.60. The van der Waals surface area contributed by atoms with E-state index in [1.807, 2.05) is 0 Å². The number of aromatic carboxylic acids is 1. The van der Waals surface area contributed by atoms with Crippen molar-refractivity contribution in [2.75, 3.05) is 17.6 Å². The highest BCUT2D eigenvalue weighted by atomic mass is 32.2. The SMILES string of the molecule is O=C(NCC1CCCS1(=O)=O)Nc1cccc(C(=O)O)c1. The molecule has 0 aromatic heterocycles. The van der Waals surface area contributed by atoms with E-state index in [1.54, 1.807) is 6.07 Å². The first-order valence-corrected chi connectivity index (χ1v) is 8.20. The Morgan fingerprint density at radius 2 is 2.10 bits per heavy atom. The Morgan fingerprint density at radius 3 is 2.71 bits per heavy atom. The number of hydrogen-bond acceptors (Lipinski definition) is 4. The molecular formula is C13H16N2O5S. The van der Waals surface area contributed by atoms with Gasteiger partial charge in [-0.15, -0.1) is 0 Å². The zero-order chi connectivity index (χ0) is 15.5. The molecule has 21 heavy (non-hydrogen) atoms. The lowest BCUT2D eigenvalue weighted by atomic mass is 10.2. The summed E-state index contributed by atoms with van der Waals surface area (Å²) in [5.74, 6) is -0.919. The number of benzene rings is 1. The van der Waals surface area contributed by atoms with Crippen LogP contribution in [0.2, 0.25) is 0 Å². The average molecular weight is 312 g/mol. The molecule has 2 rings (SSSR count). The normalized spacial score (nSPS) is 19.9. The highest BCUT2D eigenvalue weighted by molar-refractivity contribution is 7.92. The Morgan fingerprint density at radius 1 is 1.33 bits per heavy atom. The van der Waals surface area contributed by atoms with Gasteiger partial charge in [0.2, 0.25) is 0 Å². The molecule has 1 aliphatic heterocycles. The Kier molecular flexibility index (Phi) is 4.46. The number of nitrogens with one attached hydrogen (secondary N) is 2. The van der Waals surface area contributed by atoms with Crippen LogP contribution in [0, 0.1) is 0 Å². The molecular weight excluding hydrogens is 296 g/mol. The number of sulfone groups is 1. The molecule has 1 fully saturated rings. The highest BCUT2D eigenvalue weighted by Gasteiger charge is 2.31. The molecule has 3 N–H and O–H groups in total. The fourth-order valence-corrected chi connectivity index (χ4v) is 3.96. The van der Waals surface area contributed by atoms with Gasteiger partial charge in [0, 0.05) is 12.2 Å². The largest absolute Gasteiger partial charge is 0.478 e. The van der Waals surface area contributed by atoms with Crippen LogP contribution in [0.3, 0.4) is 0 Å². The van der Waals surface area contributed by atoms with Gasteiger partial charge in [0.25, 0.3) is 0 Å². The second-order valence-corrected chi connectivity index (χ2v) is 7.25. The van der Waals surface area contributed by atoms with Crippen LogP contribution in [0.1, 0.15) is 23.2 Å². The van der Waals surface area contributed by atoms with Gasteiger partial charge in [-0.2, -0.15) is 0 Å². The van der Waals surface area contributed by atoms with Crippen molar-refractivity contribution in [3.8, 4) is 0 Å². The predicted octanol–water partition coefficient (Wildman–Crippen LogP) is 1.08. The minimum Gasteiger partial charge on any atom is -0.478 e. The van der Waals surface area contributed by atoms with E-state index in [0.29, 0.717) is 18.5 Å². The van der Waals surface area contributed by atoms with Gasteiger partial charge in [0.15, 0.2) is 9.84 Å². The number of carboxylic acid groups (broad SMARTS) is 1. The smallest absolute Gasteiger partial charge is 0.335 e. The fraction of sp³-hybridized carbons (Fsp3) is 0.385. The van der Waals surface area contributed by atoms with E-state index in [4.69, 9.17) is 5.11 Å². The standard InChI is InChI=1S/C13H16N2O5S/c16-12(17)9-3-1-4-10(7-9)15-13(18)14-8-11-5-2-6-21(11,19)20/h1,3-4,7,11H,2,5-6,8H2,(H,16,17)(H2,14,15,18). The summed E-state index contributed by atoms with van der Waals surface area (Å²) in [6, 6.07) is 5.25. The van der Waals surface area contributed by atoms with Crippen LogP contribution in [-0.4, -0.2) is 43.1 Å². The first kappa shape index (κ1) is 15.3. The summed E-state index contributed by atoms with van der Waals surface area (Å²) in [5.41, 5.74) is 0.396. The topological polar surface area (TPSA) is 113 Å². The molecule has 8 heteroatoms. The summed E-state index contributed by atoms with van der Waals surface area (Å²) < 4.78 is 23.2. The van der Waals surface area contributed by atoms with E-state index in [0.717, 1.165) is 0 Å². The summed E-state index contributed by atoms with van der Waals surface area (Å²) >= 11 is 0. The number of carboxylic acids is 1. The van der Waals surface area contributed by atoms with Crippen LogP contribution >= 0.6 is 0 Å². The minimum absolute atomic E-state index is 0.0613. The van der Waals surface area contributed by atoms with E-state index in [9.17, 15) is 18.0 Å². The van der Waals surface area contributed by atoms with Gasteiger partial charge >= 0.3 is 12.0 Å². The molecule has 114 valence electrons. The van der Waals surface area contributed by atoms with Gasteiger partial charge in [-0.3, -0.25) is 0 Å². The van der Waals surface area contributed by atoms with Gasteiger partial charge in [0.05, 0.1) is 16.6 Å². The molecule has 2 amide bonds. The lowest BCUT2D eigenvalue weighted by molar-refractivity contribution is 0.0697. The zero-order valence-corrected chi connectivity index (χ0v) is 12.0. The van der Waals surface area contributed by atoms with Crippen LogP contribution < -0.4 is 10.6 Å². The number of carbonyl (C=O) groups is 2. The number of anilines is 1. The predicted molar refractivity (Wildman–Crippen MR) is 77.2 cm³/mol. The zero-order valence-electron chi connectivity index (χ0n) is 11.2. The quantitative estimate of drug-likeness (QED) is 0.770. The summed E-state index contributed by atoms with van der Waals surface area (Å²) in [5, 5.41) is 13.3. The van der Waals surface area contributed by atoms with Crippen molar-refractivity contribution in [2.45, 2.75) is 18.1 Å². The molecule has 1 unspecified atom stereocenters. The molecule has 0 radical (unpaired) electrons. The number of amides is 2. The molecule has 0 bridgehead atoms. The van der Waals surface area contributed by atoms with Crippen LogP contribution in [0.4, 0.5) is 10.5 Å². The summed E-state index contributed by atoms with van der Waals surface area (Å²) in [7, 11) is -3.09. The second-order valence-electron chi connectivity index (χ2n) is 4.85. The second kappa shape index (κ2) is 6.13.